The first-order chi connectivity index (χ1) is 9.04. The molecule has 6 heteroatoms. The fraction of sp³-hybridized carbons (Fsp3) is 0.231. The van der Waals surface area contributed by atoms with Crippen LogP contribution in [0.1, 0.15) is 28.7 Å². The molecule has 5 nitrogen and oxygen atoms in total. The van der Waals surface area contributed by atoms with Crippen molar-refractivity contribution < 1.29 is 9.59 Å². The first-order valence-electron chi connectivity index (χ1n) is 5.72. The predicted molar refractivity (Wildman–Crippen MR) is 73.4 cm³/mol. The van der Waals surface area contributed by atoms with Crippen LogP contribution in [0.2, 0.25) is 0 Å². The van der Waals surface area contributed by atoms with E-state index < -0.39 is 0 Å². The van der Waals surface area contributed by atoms with Crippen molar-refractivity contribution in [1.82, 2.24) is 9.97 Å². The van der Waals surface area contributed by atoms with E-state index in [-0.39, 0.29) is 18.1 Å². The Morgan fingerprint density at radius 3 is 2.74 bits per heavy atom. The summed E-state index contributed by atoms with van der Waals surface area (Å²) in [5.41, 5.74) is 2.12. The lowest BCUT2D eigenvalue weighted by atomic mass is 10.2. The van der Waals surface area contributed by atoms with Crippen LogP contribution in [0.5, 0.6) is 0 Å². The number of nitrogens with one attached hydrogen (secondary N) is 1. The van der Waals surface area contributed by atoms with Crippen LogP contribution in [0.15, 0.2) is 23.7 Å². The van der Waals surface area contributed by atoms with Crippen LogP contribution in [-0.4, -0.2) is 21.7 Å². The van der Waals surface area contributed by atoms with E-state index in [4.69, 9.17) is 0 Å². The van der Waals surface area contributed by atoms with Gasteiger partial charge in [0.1, 0.15) is 5.69 Å². The van der Waals surface area contributed by atoms with E-state index in [0.29, 0.717) is 10.8 Å². The molecule has 0 aliphatic rings. The van der Waals surface area contributed by atoms with E-state index in [0.717, 1.165) is 11.3 Å². The molecule has 2 heterocycles. The minimum atomic E-state index is -0.171. The first-order valence-corrected chi connectivity index (χ1v) is 6.60. The molecular weight excluding hydrogens is 262 g/mol. The van der Waals surface area contributed by atoms with Crippen LogP contribution in [0.3, 0.4) is 0 Å². The van der Waals surface area contributed by atoms with Gasteiger partial charge in [0, 0.05) is 24.2 Å². The van der Waals surface area contributed by atoms with Crippen LogP contribution in [0.4, 0.5) is 5.13 Å². The normalized spacial score (nSPS) is 10.2. The summed E-state index contributed by atoms with van der Waals surface area (Å²) in [6, 6.07) is 3.73. The van der Waals surface area contributed by atoms with Gasteiger partial charge in [0.05, 0.1) is 6.42 Å². The number of thiazole rings is 1. The van der Waals surface area contributed by atoms with E-state index >= 15 is 0 Å². The van der Waals surface area contributed by atoms with E-state index in [1.807, 2.05) is 19.1 Å². The zero-order valence-corrected chi connectivity index (χ0v) is 11.5. The molecular formula is C13H13N3O2S. The zero-order chi connectivity index (χ0) is 13.8. The molecule has 0 bridgehead atoms. The van der Waals surface area contributed by atoms with Crippen molar-refractivity contribution in [2.24, 2.45) is 0 Å². The van der Waals surface area contributed by atoms with Gasteiger partial charge in [-0.1, -0.05) is 6.07 Å². The Balaban J connectivity index is 1.97. The quantitative estimate of drug-likeness (QED) is 0.868. The molecule has 1 amide bonds. The number of pyridine rings is 1. The first kappa shape index (κ1) is 13.4. The Labute approximate surface area is 114 Å². The molecule has 0 saturated heterocycles. The standard InChI is InChI=1S/C13H13N3O2S/c1-8-3-4-10(6-14-8)5-12(18)16-13-15-11(7-19-13)9(2)17/h3-4,6-7H,5H2,1-2H3,(H,15,16,18). The fourth-order valence-corrected chi connectivity index (χ4v) is 2.21. The van der Waals surface area contributed by atoms with E-state index in [1.54, 1.807) is 11.6 Å². The average Bonchev–Trinajstić information content (AvgIpc) is 2.80. The fourth-order valence-electron chi connectivity index (χ4n) is 1.44. The summed E-state index contributed by atoms with van der Waals surface area (Å²) in [5, 5.41) is 4.74. The molecule has 2 rings (SSSR count). The Morgan fingerprint density at radius 1 is 1.37 bits per heavy atom. The predicted octanol–water partition coefficient (Wildman–Crippen LogP) is 2.23. The third kappa shape index (κ3) is 3.69. The minimum Gasteiger partial charge on any atom is -0.302 e. The third-order valence-corrected chi connectivity index (χ3v) is 3.21. The lowest BCUT2D eigenvalue weighted by Crippen LogP contribution is -2.14. The highest BCUT2D eigenvalue weighted by molar-refractivity contribution is 7.14. The molecule has 0 saturated carbocycles. The summed E-state index contributed by atoms with van der Waals surface area (Å²) in [4.78, 5) is 31.0. The van der Waals surface area contributed by atoms with Gasteiger partial charge in [0.15, 0.2) is 10.9 Å². The van der Waals surface area contributed by atoms with Crippen LogP contribution < -0.4 is 5.32 Å². The smallest absolute Gasteiger partial charge is 0.230 e. The Bertz CT molecular complexity index is 605. The molecule has 0 fully saturated rings. The highest BCUT2D eigenvalue weighted by atomic mass is 32.1. The summed E-state index contributed by atoms with van der Waals surface area (Å²) >= 11 is 1.24. The number of hydrogen-bond donors (Lipinski definition) is 1. The number of aryl methyl sites for hydroxylation is 1. The van der Waals surface area contributed by atoms with Crippen molar-refractivity contribution in [1.29, 1.82) is 0 Å². The number of rotatable bonds is 4. The van der Waals surface area contributed by atoms with Gasteiger partial charge in [0.25, 0.3) is 0 Å². The van der Waals surface area contributed by atoms with Gasteiger partial charge in [0.2, 0.25) is 5.91 Å². The number of anilines is 1. The zero-order valence-electron chi connectivity index (χ0n) is 10.6. The van der Waals surface area contributed by atoms with Gasteiger partial charge in [-0.05, 0) is 18.6 Å². The number of Topliss-reactive ketones (excluding diaryl/α,β-unsaturated/α-hetero) is 1. The summed E-state index contributed by atoms with van der Waals surface area (Å²) in [5.74, 6) is -0.283. The van der Waals surface area contributed by atoms with Gasteiger partial charge in [-0.3, -0.25) is 14.6 Å². The number of amides is 1. The molecule has 0 spiro atoms. The number of ketones is 1. The summed E-state index contributed by atoms with van der Waals surface area (Å²) < 4.78 is 0. The molecule has 0 aliphatic carbocycles. The third-order valence-electron chi connectivity index (χ3n) is 2.45. The van der Waals surface area contributed by atoms with E-state index in [2.05, 4.69) is 15.3 Å². The molecule has 2 aromatic rings. The second kappa shape index (κ2) is 5.71. The second-order valence-electron chi connectivity index (χ2n) is 4.13. The molecule has 98 valence electrons. The van der Waals surface area contributed by atoms with Crippen LogP contribution in [0, 0.1) is 6.92 Å². The number of carbonyl (C=O) groups excluding carboxylic acids is 2. The van der Waals surface area contributed by atoms with Gasteiger partial charge in [-0.15, -0.1) is 11.3 Å². The van der Waals surface area contributed by atoms with E-state index in [9.17, 15) is 9.59 Å². The van der Waals surface area contributed by atoms with E-state index in [1.165, 1.54) is 18.3 Å². The van der Waals surface area contributed by atoms with Crippen molar-refractivity contribution in [2.45, 2.75) is 20.3 Å². The molecule has 0 radical (unpaired) electrons. The van der Waals surface area contributed by atoms with Gasteiger partial charge in [-0.2, -0.15) is 0 Å². The Hall–Kier alpha value is -2.08. The van der Waals surface area contributed by atoms with Gasteiger partial charge >= 0.3 is 0 Å². The molecule has 0 aliphatic heterocycles. The van der Waals surface area contributed by atoms with Crippen LogP contribution in [-0.2, 0) is 11.2 Å². The van der Waals surface area contributed by atoms with Crippen molar-refractivity contribution >= 4 is 28.2 Å². The minimum absolute atomic E-state index is 0.112. The molecule has 2 aromatic heterocycles. The molecule has 0 atom stereocenters. The topological polar surface area (TPSA) is 72.0 Å². The van der Waals surface area contributed by atoms with Crippen LogP contribution in [0.25, 0.3) is 0 Å². The average molecular weight is 275 g/mol. The van der Waals surface area contributed by atoms with Crippen molar-refractivity contribution in [2.75, 3.05) is 5.32 Å². The van der Waals surface area contributed by atoms with Gasteiger partial charge in [-0.25, -0.2) is 4.98 Å². The highest BCUT2D eigenvalue weighted by Gasteiger charge is 2.09. The summed E-state index contributed by atoms with van der Waals surface area (Å²) in [6.07, 6.45) is 1.92. The van der Waals surface area contributed by atoms with Gasteiger partial charge < -0.3 is 5.32 Å². The maximum absolute atomic E-state index is 11.8. The lowest BCUT2D eigenvalue weighted by Gasteiger charge is -2.02. The molecule has 0 unspecified atom stereocenters. The number of aromatic nitrogens is 2. The Morgan fingerprint density at radius 2 is 2.16 bits per heavy atom. The second-order valence-corrected chi connectivity index (χ2v) is 4.98. The lowest BCUT2D eigenvalue weighted by molar-refractivity contribution is -0.115. The maximum atomic E-state index is 11.8. The summed E-state index contributed by atoms with van der Waals surface area (Å²) in [7, 11) is 0. The van der Waals surface area contributed by atoms with Crippen molar-refractivity contribution in [3.05, 3.63) is 40.7 Å². The number of nitrogens with zero attached hydrogens (tertiary/aromatic N) is 2. The monoisotopic (exact) mass is 275 g/mol. The highest BCUT2D eigenvalue weighted by Crippen LogP contribution is 2.16. The molecule has 0 aromatic carbocycles. The van der Waals surface area contributed by atoms with Crippen molar-refractivity contribution in [3.63, 3.8) is 0 Å². The number of hydrogen-bond acceptors (Lipinski definition) is 5. The Kier molecular flexibility index (Phi) is 4.01. The number of carbonyl (C=O) groups is 2. The largest absolute Gasteiger partial charge is 0.302 e. The SMILES string of the molecule is CC(=O)c1csc(NC(=O)Cc2ccc(C)nc2)n1. The van der Waals surface area contributed by atoms with Crippen molar-refractivity contribution in [3.8, 4) is 0 Å². The maximum Gasteiger partial charge on any atom is 0.230 e. The molecule has 19 heavy (non-hydrogen) atoms. The molecule has 1 N–H and O–H groups in total. The van der Waals surface area contributed by atoms with Crippen LogP contribution >= 0.6 is 11.3 Å². The summed E-state index contributed by atoms with van der Waals surface area (Å²) in [6.45, 7) is 3.33.